The highest BCUT2D eigenvalue weighted by molar-refractivity contribution is 5.97. The fourth-order valence-electron chi connectivity index (χ4n) is 3.49. The summed E-state index contributed by atoms with van der Waals surface area (Å²) in [6, 6.07) is 18.2. The third-order valence-corrected chi connectivity index (χ3v) is 5.07. The number of hydrogen-bond donors (Lipinski definition) is 5. The van der Waals surface area contributed by atoms with Crippen molar-refractivity contribution in [3.63, 3.8) is 0 Å². The third-order valence-electron chi connectivity index (χ3n) is 5.07. The molecule has 4 rings (SSSR count). The van der Waals surface area contributed by atoms with Gasteiger partial charge in [-0.05, 0) is 52.4 Å². The molecule has 0 saturated heterocycles. The van der Waals surface area contributed by atoms with E-state index in [2.05, 4.69) is 0 Å². The second-order valence-corrected chi connectivity index (χ2v) is 7.08. The predicted molar refractivity (Wildman–Crippen MR) is 111 cm³/mol. The molecule has 4 aromatic carbocycles. The van der Waals surface area contributed by atoms with Gasteiger partial charge >= 0.3 is 0 Å². The van der Waals surface area contributed by atoms with Crippen LogP contribution in [0.3, 0.4) is 0 Å². The summed E-state index contributed by atoms with van der Waals surface area (Å²) in [5.74, 6) is 0.0348. The minimum atomic E-state index is -0.168. The van der Waals surface area contributed by atoms with Gasteiger partial charge in [-0.1, -0.05) is 36.4 Å². The molecule has 0 spiro atoms. The van der Waals surface area contributed by atoms with Gasteiger partial charge in [-0.25, -0.2) is 0 Å². The van der Waals surface area contributed by atoms with Crippen molar-refractivity contribution in [1.82, 2.24) is 0 Å². The molecule has 0 atom stereocenters. The van der Waals surface area contributed by atoms with Gasteiger partial charge in [-0.3, -0.25) is 0 Å². The summed E-state index contributed by atoms with van der Waals surface area (Å²) in [6.45, 7) is 0. The van der Waals surface area contributed by atoms with Crippen molar-refractivity contribution >= 4 is 10.8 Å². The molecule has 0 radical (unpaired) electrons. The molecule has 0 unspecified atom stereocenters. The maximum Gasteiger partial charge on any atom is 0.134 e. The van der Waals surface area contributed by atoms with Crippen molar-refractivity contribution < 1.29 is 25.5 Å². The zero-order valence-electron chi connectivity index (χ0n) is 15.5. The fourth-order valence-corrected chi connectivity index (χ4v) is 3.49. The van der Waals surface area contributed by atoms with Crippen LogP contribution in [0.15, 0.2) is 66.7 Å². The van der Waals surface area contributed by atoms with Crippen molar-refractivity contribution in [2.45, 2.75) is 12.8 Å². The molecule has 0 fully saturated rings. The van der Waals surface area contributed by atoms with E-state index in [4.69, 9.17) is 0 Å². The first kappa shape index (κ1) is 18.5. The highest BCUT2D eigenvalue weighted by atomic mass is 16.3. The van der Waals surface area contributed by atoms with E-state index in [1.165, 1.54) is 18.2 Å². The van der Waals surface area contributed by atoms with Crippen LogP contribution in [-0.4, -0.2) is 25.5 Å². The molecule has 0 aliphatic carbocycles. The maximum atomic E-state index is 10.9. The molecule has 0 heterocycles. The van der Waals surface area contributed by atoms with Gasteiger partial charge in [0.2, 0.25) is 0 Å². The zero-order chi connectivity index (χ0) is 20.5. The molecule has 0 bridgehead atoms. The van der Waals surface area contributed by atoms with E-state index in [1.807, 2.05) is 0 Å². The first-order valence-electron chi connectivity index (χ1n) is 9.16. The Hall–Kier alpha value is -3.86. The van der Waals surface area contributed by atoms with Crippen molar-refractivity contribution in [3.05, 3.63) is 89.0 Å². The van der Waals surface area contributed by atoms with E-state index in [-0.39, 0.29) is 40.6 Å². The van der Waals surface area contributed by atoms with Crippen LogP contribution in [0.1, 0.15) is 22.3 Å². The number of rotatable bonds is 4. The van der Waals surface area contributed by atoms with Crippen LogP contribution < -0.4 is 0 Å². The number of benzene rings is 4. The van der Waals surface area contributed by atoms with Crippen LogP contribution in [0.5, 0.6) is 28.7 Å². The van der Waals surface area contributed by atoms with Gasteiger partial charge in [-0.2, -0.15) is 0 Å². The lowest BCUT2D eigenvalue weighted by Gasteiger charge is -2.14. The predicted octanol–water partition coefficient (Wildman–Crippen LogP) is 4.55. The van der Waals surface area contributed by atoms with Crippen molar-refractivity contribution in [2.75, 3.05) is 0 Å². The quantitative estimate of drug-likeness (QED) is 0.353. The summed E-state index contributed by atoms with van der Waals surface area (Å²) >= 11 is 0. The number of phenolic OH excluding ortho intramolecular Hbond substituents is 5. The van der Waals surface area contributed by atoms with Gasteiger partial charge in [0.1, 0.15) is 28.7 Å². The Labute approximate surface area is 167 Å². The monoisotopic (exact) mass is 388 g/mol. The second kappa shape index (κ2) is 7.28. The largest absolute Gasteiger partial charge is 0.508 e. The first-order valence-corrected chi connectivity index (χ1v) is 9.16. The Balaban J connectivity index is 1.77. The van der Waals surface area contributed by atoms with Gasteiger partial charge < -0.3 is 25.5 Å². The number of phenols is 5. The minimum absolute atomic E-state index is 0.0416. The molecule has 0 aliphatic rings. The second-order valence-electron chi connectivity index (χ2n) is 7.08. The van der Waals surface area contributed by atoms with Crippen molar-refractivity contribution in [1.29, 1.82) is 0 Å². The van der Waals surface area contributed by atoms with Gasteiger partial charge in [0.05, 0.1) is 5.39 Å². The molecule has 5 N–H and O–H groups in total. The van der Waals surface area contributed by atoms with E-state index in [0.717, 1.165) is 11.1 Å². The molecule has 0 amide bonds. The maximum absolute atomic E-state index is 10.9. The van der Waals surface area contributed by atoms with Crippen LogP contribution in [0.2, 0.25) is 0 Å². The van der Waals surface area contributed by atoms with Crippen LogP contribution >= 0.6 is 0 Å². The third kappa shape index (κ3) is 3.62. The van der Waals surface area contributed by atoms with Crippen LogP contribution in [0.4, 0.5) is 0 Å². The summed E-state index contributed by atoms with van der Waals surface area (Å²) in [5.41, 5.74) is 2.63. The van der Waals surface area contributed by atoms with Gasteiger partial charge in [0.15, 0.2) is 0 Å². The van der Waals surface area contributed by atoms with Crippen LogP contribution in [0, 0.1) is 0 Å². The summed E-state index contributed by atoms with van der Waals surface area (Å²) in [5, 5.41) is 51.8. The van der Waals surface area contributed by atoms with Gasteiger partial charge in [0, 0.05) is 18.4 Å². The lowest BCUT2D eigenvalue weighted by Crippen LogP contribution is -1.94. The standard InChI is InChI=1S/C24H20O5/c25-18-7-1-14(2-8-18)11-17-6-5-16-13-21(27)20(24(29)22(16)23(17)28)12-15-3-9-19(26)10-4-15/h1-10,13,25-29H,11-12H2. The van der Waals surface area contributed by atoms with Crippen LogP contribution in [-0.2, 0) is 12.8 Å². The minimum Gasteiger partial charge on any atom is -0.508 e. The Morgan fingerprint density at radius 1 is 0.552 bits per heavy atom. The zero-order valence-corrected chi connectivity index (χ0v) is 15.5. The summed E-state index contributed by atoms with van der Waals surface area (Å²) < 4.78 is 0. The smallest absolute Gasteiger partial charge is 0.134 e. The van der Waals surface area contributed by atoms with Crippen molar-refractivity contribution in [3.8, 4) is 28.7 Å². The topological polar surface area (TPSA) is 101 Å². The summed E-state index contributed by atoms with van der Waals surface area (Å²) in [6.07, 6.45) is 0.672. The number of aromatic hydroxyl groups is 5. The Kier molecular flexibility index (Phi) is 4.64. The molecular formula is C24H20O5. The van der Waals surface area contributed by atoms with Gasteiger partial charge in [0.25, 0.3) is 0 Å². The molecule has 4 aromatic rings. The lowest BCUT2D eigenvalue weighted by atomic mass is 9.94. The van der Waals surface area contributed by atoms with E-state index in [9.17, 15) is 25.5 Å². The van der Waals surface area contributed by atoms with Crippen molar-refractivity contribution in [2.24, 2.45) is 0 Å². The highest BCUT2D eigenvalue weighted by Gasteiger charge is 2.18. The fraction of sp³-hybridized carbons (Fsp3) is 0.0833. The SMILES string of the molecule is Oc1ccc(Cc2ccc3cc(O)c(Cc4ccc(O)cc4)c(O)c3c2O)cc1. The summed E-state index contributed by atoms with van der Waals surface area (Å²) in [7, 11) is 0. The van der Waals surface area contributed by atoms with E-state index in [0.29, 0.717) is 22.9 Å². The molecule has 0 aliphatic heterocycles. The molecule has 0 saturated carbocycles. The average molecular weight is 388 g/mol. The molecular weight excluding hydrogens is 368 g/mol. The Morgan fingerprint density at radius 2 is 1.10 bits per heavy atom. The van der Waals surface area contributed by atoms with Crippen LogP contribution in [0.25, 0.3) is 10.8 Å². The normalized spacial score (nSPS) is 11.0. The Bertz CT molecular complexity index is 1180. The van der Waals surface area contributed by atoms with Gasteiger partial charge in [-0.15, -0.1) is 0 Å². The molecule has 0 aromatic heterocycles. The Morgan fingerprint density at radius 3 is 1.69 bits per heavy atom. The number of hydrogen-bond acceptors (Lipinski definition) is 5. The summed E-state index contributed by atoms with van der Waals surface area (Å²) in [4.78, 5) is 0. The molecule has 5 heteroatoms. The molecule has 5 nitrogen and oxygen atoms in total. The average Bonchev–Trinajstić information content (AvgIpc) is 2.70. The molecule has 146 valence electrons. The first-order chi connectivity index (χ1) is 13.9. The molecule has 29 heavy (non-hydrogen) atoms. The van der Waals surface area contributed by atoms with E-state index >= 15 is 0 Å². The van der Waals surface area contributed by atoms with E-state index in [1.54, 1.807) is 48.5 Å². The van der Waals surface area contributed by atoms with E-state index < -0.39 is 0 Å². The lowest BCUT2D eigenvalue weighted by molar-refractivity contribution is 0.440. The highest BCUT2D eigenvalue weighted by Crippen LogP contribution is 2.43. The number of fused-ring (bicyclic) bond motifs is 1.